The lowest BCUT2D eigenvalue weighted by atomic mass is 9.90. The minimum Gasteiger partial charge on any atom is -0.342 e. The summed E-state index contributed by atoms with van der Waals surface area (Å²) in [5.74, 6) is 0.449. The van der Waals surface area contributed by atoms with Crippen LogP contribution in [0.5, 0.6) is 0 Å². The second-order valence-electron chi connectivity index (χ2n) is 5.95. The van der Waals surface area contributed by atoms with Gasteiger partial charge in [0.25, 0.3) is 0 Å². The first kappa shape index (κ1) is 16.0. The van der Waals surface area contributed by atoms with E-state index in [4.69, 9.17) is 0 Å². The fourth-order valence-corrected chi connectivity index (χ4v) is 2.58. The summed E-state index contributed by atoms with van der Waals surface area (Å²) < 4.78 is 0. The minimum absolute atomic E-state index is 0.0174. The van der Waals surface area contributed by atoms with Crippen LogP contribution in [0.25, 0.3) is 0 Å². The highest BCUT2D eigenvalue weighted by Gasteiger charge is 2.43. The molecule has 0 saturated carbocycles. The van der Waals surface area contributed by atoms with Crippen LogP contribution in [-0.2, 0) is 9.59 Å². The average molecular weight is 268 g/mol. The Balaban J connectivity index is 2.96. The lowest BCUT2D eigenvalue weighted by molar-refractivity contribution is -0.152. The van der Waals surface area contributed by atoms with E-state index in [1.54, 1.807) is 0 Å². The van der Waals surface area contributed by atoms with Crippen LogP contribution in [0.15, 0.2) is 0 Å². The highest BCUT2D eigenvalue weighted by molar-refractivity contribution is 5.97. The Labute approximate surface area is 116 Å². The highest BCUT2D eigenvalue weighted by atomic mass is 16.2. The van der Waals surface area contributed by atoms with Crippen LogP contribution < -0.4 is 5.32 Å². The Morgan fingerprint density at radius 2 is 1.84 bits per heavy atom. The zero-order valence-electron chi connectivity index (χ0n) is 12.9. The first-order valence-electron chi connectivity index (χ1n) is 7.54. The van der Waals surface area contributed by atoms with E-state index in [0.29, 0.717) is 6.54 Å². The van der Waals surface area contributed by atoms with Crippen molar-refractivity contribution in [2.75, 3.05) is 6.54 Å². The van der Waals surface area contributed by atoms with Gasteiger partial charge in [0.2, 0.25) is 11.8 Å². The molecule has 4 heteroatoms. The van der Waals surface area contributed by atoms with E-state index in [1.807, 2.05) is 25.7 Å². The Morgan fingerprint density at radius 3 is 2.32 bits per heavy atom. The molecule has 1 aliphatic rings. The van der Waals surface area contributed by atoms with Gasteiger partial charge in [-0.3, -0.25) is 9.59 Å². The largest absolute Gasteiger partial charge is 0.342 e. The van der Waals surface area contributed by atoms with Gasteiger partial charge in [-0.1, -0.05) is 47.5 Å². The minimum atomic E-state index is -0.357. The second kappa shape index (κ2) is 6.92. The van der Waals surface area contributed by atoms with Crippen LogP contribution >= 0.6 is 0 Å². The number of carbonyl (C=O) groups is 2. The number of unbranched alkanes of at least 4 members (excludes halogenated alkanes) is 1. The maximum atomic E-state index is 12.6. The summed E-state index contributed by atoms with van der Waals surface area (Å²) in [4.78, 5) is 26.7. The van der Waals surface area contributed by atoms with Crippen molar-refractivity contribution >= 4 is 11.8 Å². The molecule has 3 atom stereocenters. The average Bonchev–Trinajstić information content (AvgIpc) is 2.37. The smallest absolute Gasteiger partial charge is 0.246 e. The van der Waals surface area contributed by atoms with Crippen LogP contribution in [-0.4, -0.2) is 35.3 Å². The predicted molar refractivity (Wildman–Crippen MR) is 76.6 cm³/mol. The fraction of sp³-hybridized carbons (Fsp3) is 0.867. The molecule has 0 aliphatic carbocycles. The van der Waals surface area contributed by atoms with E-state index in [9.17, 15) is 9.59 Å². The number of piperazine rings is 1. The molecule has 0 spiro atoms. The summed E-state index contributed by atoms with van der Waals surface area (Å²) in [6.07, 6.45) is 2.89. The highest BCUT2D eigenvalue weighted by Crippen LogP contribution is 2.23. The maximum absolute atomic E-state index is 12.6. The monoisotopic (exact) mass is 268 g/mol. The number of nitrogens with zero attached hydrogens (tertiary/aromatic N) is 1. The van der Waals surface area contributed by atoms with Crippen molar-refractivity contribution < 1.29 is 9.59 Å². The van der Waals surface area contributed by atoms with Crippen molar-refractivity contribution in [3.63, 3.8) is 0 Å². The Bertz CT molecular complexity index is 328. The molecule has 2 amide bonds. The number of hydrogen-bond donors (Lipinski definition) is 1. The molecular formula is C15H28N2O2. The predicted octanol–water partition coefficient (Wildman–Crippen LogP) is 2.18. The molecule has 19 heavy (non-hydrogen) atoms. The molecule has 0 aromatic rings. The summed E-state index contributed by atoms with van der Waals surface area (Å²) >= 11 is 0. The van der Waals surface area contributed by atoms with Crippen molar-refractivity contribution in [2.24, 2.45) is 11.8 Å². The first-order valence-corrected chi connectivity index (χ1v) is 7.54. The zero-order chi connectivity index (χ0) is 14.6. The van der Waals surface area contributed by atoms with Crippen molar-refractivity contribution in [1.29, 1.82) is 0 Å². The van der Waals surface area contributed by atoms with Crippen LogP contribution in [0.2, 0.25) is 0 Å². The summed E-state index contributed by atoms with van der Waals surface area (Å²) in [7, 11) is 0. The molecule has 0 aromatic carbocycles. The zero-order valence-corrected chi connectivity index (χ0v) is 12.9. The van der Waals surface area contributed by atoms with Gasteiger partial charge in [0, 0.05) is 6.54 Å². The molecule has 110 valence electrons. The summed E-state index contributed by atoms with van der Waals surface area (Å²) in [6.45, 7) is 10.9. The molecule has 3 unspecified atom stereocenters. The maximum Gasteiger partial charge on any atom is 0.246 e. The second-order valence-corrected chi connectivity index (χ2v) is 5.95. The fourth-order valence-electron chi connectivity index (χ4n) is 2.58. The SMILES string of the molecule is CCCCN1C(=O)C(C(C)C)NC(=O)C1C(C)CC. The number of carbonyl (C=O) groups excluding carboxylic acids is 2. The molecule has 0 aromatic heterocycles. The van der Waals surface area contributed by atoms with Crippen LogP contribution in [0, 0.1) is 11.8 Å². The van der Waals surface area contributed by atoms with Crippen molar-refractivity contribution in [3.05, 3.63) is 0 Å². The summed E-state index contributed by atoms with van der Waals surface area (Å²) in [5.41, 5.74) is 0. The van der Waals surface area contributed by atoms with Gasteiger partial charge in [0.05, 0.1) is 0 Å². The number of amides is 2. The van der Waals surface area contributed by atoms with E-state index in [-0.39, 0.29) is 35.7 Å². The Morgan fingerprint density at radius 1 is 1.21 bits per heavy atom. The normalized spacial score (nSPS) is 25.7. The molecule has 0 bridgehead atoms. The van der Waals surface area contributed by atoms with E-state index in [0.717, 1.165) is 19.3 Å². The molecule has 1 rings (SSSR count). The third-order valence-corrected chi connectivity index (χ3v) is 4.05. The van der Waals surface area contributed by atoms with Crippen LogP contribution in [0.4, 0.5) is 0 Å². The molecule has 1 aliphatic heterocycles. The molecule has 0 radical (unpaired) electrons. The van der Waals surface area contributed by atoms with Gasteiger partial charge >= 0.3 is 0 Å². The van der Waals surface area contributed by atoms with Crippen molar-refractivity contribution in [3.8, 4) is 0 Å². The summed E-state index contributed by atoms with van der Waals surface area (Å²) in [5, 5.41) is 2.91. The Hall–Kier alpha value is -1.06. The lowest BCUT2D eigenvalue weighted by Crippen LogP contribution is -2.66. The Kier molecular flexibility index (Phi) is 5.83. The van der Waals surface area contributed by atoms with Gasteiger partial charge in [-0.2, -0.15) is 0 Å². The molecule has 1 heterocycles. The van der Waals surface area contributed by atoms with Crippen molar-refractivity contribution in [1.82, 2.24) is 10.2 Å². The van der Waals surface area contributed by atoms with Gasteiger partial charge in [0.15, 0.2) is 0 Å². The van der Waals surface area contributed by atoms with Gasteiger partial charge in [-0.25, -0.2) is 0 Å². The van der Waals surface area contributed by atoms with Gasteiger partial charge in [-0.05, 0) is 18.3 Å². The molecule has 1 N–H and O–H groups in total. The van der Waals surface area contributed by atoms with Gasteiger partial charge in [0.1, 0.15) is 12.1 Å². The molecule has 4 nitrogen and oxygen atoms in total. The number of rotatable bonds is 6. The van der Waals surface area contributed by atoms with E-state index in [2.05, 4.69) is 19.2 Å². The van der Waals surface area contributed by atoms with Gasteiger partial charge in [-0.15, -0.1) is 0 Å². The number of hydrogen-bond acceptors (Lipinski definition) is 2. The third kappa shape index (κ3) is 3.48. The molecular weight excluding hydrogens is 240 g/mol. The lowest BCUT2D eigenvalue weighted by Gasteiger charge is -2.42. The van der Waals surface area contributed by atoms with Crippen LogP contribution in [0.1, 0.15) is 53.9 Å². The van der Waals surface area contributed by atoms with E-state index < -0.39 is 0 Å². The van der Waals surface area contributed by atoms with Gasteiger partial charge < -0.3 is 10.2 Å². The van der Waals surface area contributed by atoms with E-state index >= 15 is 0 Å². The van der Waals surface area contributed by atoms with Crippen LogP contribution in [0.3, 0.4) is 0 Å². The standard InChI is InChI=1S/C15H28N2O2/c1-6-8-9-17-13(11(5)7-2)14(18)16-12(10(3)4)15(17)19/h10-13H,6-9H2,1-5H3,(H,16,18). The van der Waals surface area contributed by atoms with Crippen molar-refractivity contribution in [2.45, 2.75) is 66.0 Å². The van der Waals surface area contributed by atoms with E-state index in [1.165, 1.54) is 0 Å². The first-order chi connectivity index (χ1) is 8.93. The quantitative estimate of drug-likeness (QED) is 0.802. The molecule has 1 saturated heterocycles. The summed E-state index contributed by atoms with van der Waals surface area (Å²) in [6, 6.07) is -0.649. The topological polar surface area (TPSA) is 49.4 Å². The number of nitrogens with one attached hydrogen (secondary N) is 1. The molecule has 1 fully saturated rings. The third-order valence-electron chi connectivity index (χ3n) is 4.05.